The molecule has 1 aliphatic heterocycles. The van der Waals surface area contributed by atoms with E-state index in [2.05, 4.69) is 20.9 Å². The lowest BCUT2D eigenvalue weighted by atomic mass is 9.96. The van der Waals surface area contributed by atoms with E-state index in [9.17, 15) is 9.59 Å². The van der Waals surface area contributed by atoms with Gasteiger partial charge in [0, 0.05) is 4.90 Å². The molecule has 0 saturated heterocycles. The van der Waals surface area contributed by atoms with E-state index in [1.165, 1.54) is 11.3 Å². The van der Waals surface area contributed by atoms with Crippen molar-refractivity contribution in [3.8, 4) is 11.5 Å². The van der Waals surface area contributed by atoms with Crippen LogP contribution in [0.4, 0.5) is 0 Å². The molecule has 1 unspecified atom stereocenters. The number of benzene rings is 2. The minimum absolute atomic E-state index is 0.229. The normalized spacial score (nSPS) is 15.3. The molecule has 0 amide bonds. The van der Waals surface area contributed by atoms with Gasteiger partial charge in [-0.15, -0.1) is 11.8 Å². The second-order valence-electron chi connectivity index (χ2n) is 8.04. The number of aromatic nitrogens is 1. The Balaban J connectivity index is 1.92. The maximum Gasteiger partial charge on any atom is 0.338 e. The van der Waals surface area contributed by atoms with Crippen molar-refractivity contribution >= 4 is 51.1 Å². The molecule has 37 heavy (non-hydrogen) atoms. The van der Waals surface area contributed by atoms with E-state index < -0.39 is 12.0 Å². The fraction of sp³-hybridized carbons (Fsp3) is 0.296. The number of thioether (sulfide) groups is 1. The van der Waals surface area contributed by atoms with Crippen molar-refractivity contribution in [1.29, 1.82) is 0 Å². The number of rotatable bonds is 8. The maximum atomic E-state index is 13.8. The van der Waals surface area contributed by atoms with Gasteiger partial charge in [-0.3, -0.25) is 9.36 Å². The van der Waals surface area contributed by atoms with Crippen molar-refractivity contribution in [3.63, 3.8) is 0 Å². The number of allylic oxidation sites excluding steroid dienone is 1. The van der Waals surface area contributed by atoms with Gasteiger partial charge in [0.2, 0.25) is 0 Å². The number of carbonyl (C=O) groups excluding carboxylic acids is 1. The Hall–Kier alpha value is -2.82. The van der Waals surface area contributed by atoms with E-state index in [0.717, 1.165) is 16.0 Å². The molecule has 1 atom stereocenters. The lowest BCUT2D eigenvalue weighted by Gasteiger charge is -2.24. The molecular weight excluding hydrogens is 576 g/mol. The third-order valence-corrected chi connectivity index (χ3v) is 8.10. The Morgan fingerprint density at radius 2 is 1.95 bits per heavy atom. The first-order valence-corrected chi connectivity index (χ1v) is 14.5. The first kappa shape index (κ1) is 27.2. The fourth-order valence-electron chi connectivity index (χ4n) is 4.18. The highest BCUT2D eigenvalue weighted by molar-refractivity contribution is 9.10. The monoisotopic (exact) mass is 602 g/mol. The first-order chi connectivity index (χ1) is 17.8. The van der Waals surface area contributed by atoms with Gasteiger partial charge in [0.05, 0.1) is 46.6 Å². The number of fused-ring (bicyclic) bond motifs is 1. The smallest absolute Gasteiger partial charge is 0.338 e. The highest BCUT2D eigenvalue weighted by atomic mass is 79.9. The third-order valence-electron chi connectivity index (χ3n) is 5.78. The molecular formula is C27H27BrN2O5S2. The van der Waals surface area contributed by atoms with Gasteiger partial charge in [-0.1, -0.05) is 23.5 Å². The average molecular weight is 604 g/mol. The van der Waals surface area contributed by atoms with E-state index in [0.29, 0.717) is 43.2 Å². The third kappa shape index (κ3) is 5.42. The number of halogens is 1. The van der Waals surface area contributed by atoms with Gasteiger partial charge in [0.1, 0.15) is 0 Å². The lowest BCUT2D eigenvalue weighted by molar-refractivity contribution is -0.139. The summed E-state index contributed by atoms with van der Waals surface area (Å²) in [5.74, 6) is 0.687. The highest BCUT2D eigenvalue weighted by Gasteiger charge is 2.33. The molecule has 4 rings (SSSR count). The van der Waals surface area contributed by atoms with E-state index in [-0.39, 0.29) is 12.2 Å². The molecule has 194 valence electrons. The Bertz CT molecular complexity index is 1540. The average Bonchev–Trinajstić information content (AvgIpc) is 3.17. The van der Waals surface area contributed by atoms with Crippen LogP contribution in [0.25, 0.3) is 6.08 Å². The summed E-state index contributed by atoms with van der Waals surface area (Å²) < 4.78 is 19.3. The number of methoxy groups -OCH3 is 1. The molecule has 0 saturated carbocycles. The van der Waals surface area contributed by atoms with E-state index in [4.69, 9.17) is 14.2 Å². The number of hydrogen-bond acceptors (Lipinski definition) is 8. The summed E-state index contributed by atoms with van der Waals surface area (Å²) in [5.41, 5.74) is 2.25. The minimum atomic E-state index is -0.644. The van der Waals surface area contributed by atoms with Crippen LogP contribution in [-0.2, 0) is 9.53 Å². The van der Waals surface area contributed by atoms with Crippen molar-refractivity contribution in [1.82, 2.24) is 4.57 Å². The molecule has 0 bridgehead atoms. The van der Waals surface area contributed by atoms with Gasteiger partial charge in [-0.05, 0) is 84.4 Å². The molecule has 0 spiro atoms. The van der Waals surface area contributed by atoms with Crippen LogP contribution in [0, 0.1) is 0 Å². The lowest BCUT2D eigenvalue weighted by Crippen LogP contribution is -2.39. The summed E-state index contributed by atoms with van der Waals surface area (Å²) in [6.07, 6.45) is 3.80. The van der Waals surface area contributed by atoms with Crippen LogP contribution in [0.2, 0.25) is 0 Å². The molecule has 2 aromatic carbocycles. The molecule has 0 fully saturated rings. The minimum Gasteiger partial charge on any atom is -0.492 e. The Kier molecular flexibility index (Phi) is 8.61. The summed E-state index contributed by atoms with van der Waals surface area (Å²) in [6, 6.07) is 10.9. The molecule has 0 aliphatic carbocycles. The number of nitrogens with zero attached hydrogens (tertiary/aromatic N) is 2. The van der Waals surface area contributed by atoms with E-state index in [1.54, 1.807) is 43.4 Å². The number of carbonyl (C=O) groups is 1. The van der Waals surface area contributed by atoms with Crippen LogP contribution in [0.3, 0.4) is 0 Å². The quantitative estimate of drug-likeness (QED) is 0.275. The zero-order valence-electron chi connectivity index (χ0n) is 21.2. The van der Waals surface area contributed by atoms with Crippen molar-refractivity contribution in [2.24, 2.45) is 4.99 Å². The van der Waals surface area contributed by atoms with E-state index in [1.807, 2.05) is 49.6 Å². The van der Waals surface area contributed by atoms with Gasteiger partial charge >= 0.3 is 5.97 Å². The highest BCUT2D eigenvalue weighted by Crippen LogP contribution is 2.37. The second kappa shape index (κ2) is 11.7. The predicted molar refractivity (Wildman–Crippen MR) is 150 cm³/mol. The summed E-state index contributed by atoms with van der Waals surface area (Å²) in [7, 11) is 1.58. The van der Waals surface area contributed by atoms with Crippen LogP contribution < -0.4 is 24.4 Å². The molecule has 0 radical (unpaired) electrons. The molecule has 2 heterocycles. The van der Waals surface area contributed by atoms with Crippen molar-refractivity contribution in [3.05, 3.63) is 83.0 Å². The summed E-state index contributed by atoms with van der Waals surface area (Å²) in [5, 5.41) is 0. The number of hydrogen-bond donors (Lipinski definition) is 0. The van der Waals surface area contributed by atoms with Gasteiger partial charge in [0.15, 0.2) is 16.3 Å². The SMILES string of the molecule is CCOC(=O)C1=C(C)N=c2sc(=Cc3cc(Br)c(OC)c(OCC)c3)c(=O)n2C1c1ccc(SC)cc1. The van der Waals surface area contributed by atoms with Crippen molar-refractivity contribution < 1.29 is 19.0 Å². The zero-order valence-corrected chi connectivity index (χ0v) is 24.4. The summed E-state index contributed by atoms with van der Waals surface area (Å²) >= 11 is 6.44. The molecule has 3 aromatic rings. The van der Waals surface area contributed by atoms with Crippen molar-refractivity contribution in [2.75, 3.05) is 26.6 Å². The van der Waals surface area contributed by atoms with Crippen LogP contribution in [0.5, 0.6) is 11.5 Å². The zero-order chi connectivity index (χ0) is 26.7. The number of ether oxygens (including phenoxy) is 3. The summed E-state index contributed by atoms with van der Waals surface area (Å²) in [4.78, 5) is 33.1. The molecule has 10 heteroatoms. The topological polar surface area (TPSA) is 79.1 Å². The predicted octanol–water partition coefficient (Wildman–Crippen LogP) is 4.69. The van der Waals surface area contributed by atoms with Gasteiger partial charge in [0.25, 0.3) is 5.56 Å². The van der Waals surface area contributed by atoms with Crippen molar-refractivity contribution in [2.45, 2.75) is 31.7 Å². The van der Waals surface area contributed by atoms with Crippen LogP contribution in [0.15, 0.2) is 66.8 Å². The van der Waals surface area contributed by atoms with Crippen LogP contribution >= 0.6 is 39.0 Å². The Labute approximate surface area is 231 Å². The van der Waals surface area contributed by atoms with Crippen LogP contribution in [-0.4, -0.2) is 37.1 Å². The molecule has 1 aliphatic rings. The number of esters is 1. The maximum absolute atomic E-state index is 13.8. The molecule has 1 aromatic heterocycles. The standard InChI is InChI=1S/C27H27BrN2O5S2/c1-6-34-20-13-16(12-19(28)24(20)33-4)14-21-25(31)30-23(17-8-10-18(36-5)11-9-17)22(26(32)35-7-2)15(3)29-27(30)37-21/h8-14,23H,6-7H2,1-5H3. The number of thiazole rings is 1. The second-order valence-corrected chi connectivity index (χ2v) is 10.8. The Morgan fingerprint density at radius 1 is 1.22 bits per heavy atom. The fourth-order valence-corrected chi connectivity index (χ4v) is 6.25. The van der Waals surface area contributed by atoms with E-state index >= 15 is 0 Å². The largest absolute Gasteiger partial charge is 0.492 e. The van der Waals surface area contributed by atoms with Gasteiger partial charge in [-0.2, -0.15) is 0 Å². The molecule has 0 N–H and O–H groups in total. The van der Waals surface area contributed by atoms with Crippen LogP contribution in [0.1, 0.15) is 37.9 Å². The van der Waals surface area contributed by atoms with Gasteiger partial charge in [-0.25, -0.2) is 9.79 Å². The first-order valence-electron chi connectivity index (χ1n) is 11.7. The summed E-state index contributed by atoms with van der Waals surface area (Å²) in [6.45, 7) is 6.13. The molecule has 7 nitrogen and oxygen atoms in total. The Morgan fingerprint density at radius 3 is 2.57 bits per heavy atom. The van der Waals surface area contributed by atoms with Gasteiger partial charge < -0.3 is 14.2 Å².